The molecule has 21 heavy (non-hydrogen) atoms. The van der Waals surface area contributed by atoms with Crippen LogP contribution in [0.2, 0.25) is 0 Å². The van der Waals surface area contributed by atoms with Crippen LogP contribution in [0.5, 0.6) is 5.75 Å². The first kappa shape index (κ1) is 17.5. The van der Waals surface area contributed by atoms with Crippen molar-refractivity contribution in [2.45, 2.75) is 32.7 Å². The highest BCUT2D eigenvalue weighted by Gasteiger charge is 2.21. The van der Waals surface area contributed by atoms with Gasteiger partial charge in [0.2, 0.25) is 5.91 Å². The third-order valence-electron chi connectivity index (χ3n) is 3.45. The van der Waals surface area contributed by atoms with Crippen molar-refractivity contribution < 1.29 is 14.6 Å². The van der Waals surface area contributed by atoms with E-state index in [0.29, 0.717) is 19.6 Å². The highest BCUT2D eigenvalue weighted by atomic mass is 16.5. The summed E-state index contributed by atoms with van der Waals surface area (Å²) < 4.78 is 5.06. The van der Waals surface area contributed by atoms with Gasteiger partial charge >= 0.3 is 0 Å². The summed E-state index contributed by atoms with van der Waals surface area (Å²) in [4.78, 5) is 12.0. The number of rotatable bonds is 8. The maximum Gasteiger partial charge on any atom is 0.237 e. The average molecular weight is 294 g/mol. The molecule has 118 valence electrons. The van der Waals surface area contributed by atoms with Crippen molar-refractivity contribution in [2.75, 3.05) is 20.3 Å². The van der Waals surface area contributed by atoms with E-state index < -0.39 is 6.04 Å². The Morgan fingerprint density at radius 3 is 2.57 bits per heavy atom. The first-order valence-electron chi connectivity index (χ1n) is 7.14. The number of nitrogens with one attached hydrogen (secondary N) is 1. The molecule has 0 saturated carbocycles. The van der Waals surface area contributed by atoms with Gasteiger partial charge < -0.3 is 20.9 Å². The van der Waals surface area contributed by atoms with Crippen LogP contribution in [0.4, 0.5) is 0 Å². The molecule has 1 aromatic carbocycles. The Morgan fingerprint density at radius 1 is 1.38 bits per heavy atom. The molecule has 0 aliphatic carbocycles. The van der Waals surface area contributed by atoms with Crippen LogP contribution in [-0.2, 0) is 16.0 Å². The first-order chi connectivity index (χ1) is 9.84. The van der Waals surface area contributed by atoms with E-state index in [1.807, 2.05) is 0 Å². The average Bonchev–Trinajstić information content (AvgIpc) is 2.45. The minimum absolute atomic E-state index is 0.0239. The number of aromatic hydroxyl groups is 1. The van der Waals surface area contributed by atoms with Crippen LogP contribution in [0.25, 0.3) is 0 Å². The molecular weight excluding hydrogens is 268 g/mol. The smallest absolute Gasteiger partial charge is 0.237 e. The molecule has 0 saturated heterocycles. The second-order valence-corrected chi connectivity index (χ2v) is 6.10. The Bertz CT molecular complexity index is 443. The molecule has 0 spiro atoms. The summed E-state index contributed by atoms with van der Waals surface area (Å²) in [5.41, 5.74) is 6.82. The predicted octanol–water partition coefficient (Wildman–Crippen LogP) is 1.44. The molecule has 1 amide bonds. The van der Waals surface area contributed by atoms with Crippen LogP contribution < -0.4 is 11.1 Å². The number of carbonyl (C=O) groups is 1. The van der Waals surface area contributed by atoms with Crippen LogP contribution in [-0.4, -0.2) is 37.3 Å². The Labute approximate surface area is 126 Å². The topological polar surface area (TPSA) is 84.6 Å². The fourth-order valence-electron chi connectivity index (χ4n) is 1.90. The number of phenols is 1. The molecule has 0 radical (unpaired) electrons. The molecule has 0 aliphatic heterocycles. The lowest BCUT2D eigenvalue weighted by Crippen LogP contribution is -2.45. The fourth-order valence-corrected chi connectivity index (χ4v) is 1.90. The summed E-state index contributed by atoms with van der Waals surface area (Å²) in [6.07, 6.45) is 1.32. The van der Waals surface area contributed by atoms with Crippen molar-refractivity contribution in [1.29, 1.82) is 0 Å². The number of nitrogens with two attached hydrogens (primary N) is 1. The molecule has 1 atom stereocenters. The number of hydrogen-bond acceptors (Lipinski definition) is 4. The molecule has 4 N–H and O–H groups in total. The van der Waals surface area contributed by atoms with Crippen LogP contribution in [0, 0.1) is 5.41 Å². The Balaban J connectivity index is 2.42. The summed E-state index contributed by atoms with van der Waals surface area (Å²) in [6, 6.07) is 6.13. The number of methoxy groups -OCH3 is 1. The summed E-state index contributed by atoms with van der Waals surface area (Å²) in [5, 5.41) is 12.1. The molecule has 0 fully saturated rings. The zero-order chi connectivity index (χ0) is 15.9. The van der Waals surface area contributed by atoms with Crippen LogP contribution in [0.3, 0.4) is 0 Å². The molecular formula is C16H26N2O3. The molecule has 0 bridgehead atoms. The predicted molar refractivity (Wildman–Crippen MR) is 83.1 cm³/mol. The van der Waals surface area contributed by atoms with Gasteiger partial charge in [-0.25, -0.2) is 0 Å². The lowest BCUT2D eigenvalue weighted by molar-refractivity contribution is -0.122. The van der Waals surface area contributed by atoms with Crippen molar-refractivity contribution in [3.05, 3.63) is 29.8 Å². The number of ether oxygens (including phenoxy) is 1. The number of benzene rings is 1. The van der Waals surface area contributed by atoms with Crippen molar-refractivity contribution >= 4 is 5.91 Å². The van der Waals surface area contributed by atoms with Gasteiger partial charge in [-0.2, -0.15) is 0 Å². The van der Waals surface area contributed by atoms with Gasteiger partial charge in [-0.3, -0.25) is 4.79 Å². The number of amides is 1. The van der Waals surface area contributed by atoms with Gasteiger partial charge in [0, 0.05) is 20.3 Å². The molecule has 1 aromatic rings. The first-order valence-corrected chi connectivity index (χ1v) is 7.14. The van der Waals surface area contributed by atoms with Crippen LogP contribution in [0.15, 0.2) is 24.3 Å². The molecule has 0 aromatic heterocycles. The molecule has 0 unspecified atom stereocenters. The van der Waals surface area contributed by atoms with Gasteiger partial charge in [-0.05, 0) is 36.0 Å². The molecule has 5 heteroatoms. The summed E-state index contributed by atoms with van der Waals surface area (Å²) in [6.45, 7) is 5.40. The van der Waals surface area contributed by atoms with E-state index in [2.05, 4.69) is 19.2 Å². The second kappa shape index (κ2) is 8.00. The van der Waals surface area contributed by atoms with Crippen molar-refractivity contribution in [2.24, 2.45) is 11.1 Å². The van der Waals surface area contributed by atoms with E-state index in [1.54, 1.807) is 31.4 Å². The fraction of sp³-hybridized carbons (Fsp3) is 0.562. The number of phenolic OH excluding ortho intramolecular Hbond substituents is 1. The van der Waals surface area contributed by atoms with E-state index in [0.717, 1.165) is 12.0 Å². The van der Waals surface area contributed by atoms with Gasteiger partial charge in [-0.15, -0.1) is 0 Å². The molecule has 0 heterocycles. The minimum atomic E-state index is -0.590. The Hall–Kier alpha value is -1.59. The lowest BCUT2D eigenvalue weighted by Gasteiger charge is -2.25. The van der Waals surface area contributed by atoms with Crippen LogP contribution in [0.1, 0.15) is 25.8 Å². The normalized spacial score (nSPS) is 13.0. The van der Waals surface area contributed by atoms with Crippen LogP contribution >= 0.6 is 0 Å². The number of carbonyl (C=O) groups excluding carboxylic acids is 1. The van der Waals surface area contributed by atoms with E-state index in [1.165, 1.54) is 0 Å². The van der Waals surface area contributed by atoms with E-state index in [9.17, 15) is 9.90 Å². The van der Waals surface area contributed by atoms with Crippen molar-refractivity contribution in [3.8, 4) is 5.75 Å². The standard InChI is InChI=1S/C16H26N2O3/c1-16(2,8-9-21-3)11-18-15(20)14(17)10-12-4-6-13(19)7-5-12/h4-7,14,19H,8-11,17H2,1-3H3,(H,18,20)/t14-/m1/s1. The SMILES string of the molecule is COCCC(C)(C)CNC(=O)[C@H](N)Cc1ccc(O)cc1. The quantitative estimate of drug-likeness (QED) is 0.677. The Morgan fingerprint density at radius 2 is 2.00 bits per heavy atom. The molecule has 5 nitrogen and oxygen atoms in total. The summed E-state index contributed by atoms with van der Waals surface area (Å²) in [5.74, 6) is 0.0465. The molecule has 1 rings (SSSR count). The lowest BCUT2D eigenvalue weighted by atomic mass is 9.89. The van der Waals surface area contributed by atoms with Gasteiger partial charge in [0.15, 0.2) is 0 Å². The summed E-state index contributed by atoms with van der Waals surface area (Å²) in [7, 11) is 1.67. The third kappa shape index (κ3) is 6.60. The zero-order valence-corrected chi connectivity index (χ0v) is 13.1. The maximum atomic E-state index is 12.0. The monoisotopic (exact) mass is 294 g/mol. The maximum absolute atomic E-state index is 12.0. The summed E-state index contributed by atoms with van der Waals surface area (Å²) >= 11 is 0. The van der Waals surface area contributed by atoms with Gasteiger partial charge in [-0.1, -0.05) is 26.0 Å². The molecule has 0 aliphatic rings. The number of hydrogen-bond donors (Lipinski definition) is 3. The van der Waals surface area contributed by atoms with Crippen molar-refractivity contribution in [3.63, 3.8) is 0 Å². The van der Waals surface area contributed by atoms with Crippen molar-refractivity contribution in [1.82, 2.24) is 5.32 Å². The highest BCUT2D eigenvalue weighted by molar-refractivity contribution is 5.81. The minimum Gasteiger partial charge on any atom is -0.508 e. The largest absolute Gasteiger partial charge is 0.508 e. The third-order valence-corrected chi connectivity index (χ3v) is 3.45. The highest BCUT2D eigenvalue weighted by Crippen LogP contribution is 2.18. The second-order valence-electron chi connectivity index (χ2n) is 6.10. The van der Waals surface area contributed by atoms with Gasteiger partial charge in [0.25, 0.3) is 0 Å². The zero-order valence-electron chi connectivity index (χ0n) is 13.1. The Kier molecular flexibility index (Phi) is 6.65. The van der Waals surface area contributed by atoms with E-state index in [4.69, 9.17) is 10.5 Å². The van der Waals surface area contributed by atoms with Gasteiger partial charge in [0.1, 0.15) is 5.75 Å². The van der Waals surface area contributed by atoms with E-state index >= 15 is 0 Å². The van der Waals surface area contributed by atoms with Gasteiger partial charge in [0.05, 0.1) is 6.04 Å². The van der Waals surface area contributed by atoms with E-state index in [-0.39, 0.29) is 17.1 Å².